The lowest BCUT2D eigenvalue weighted by atomic mass is 10.2. The monoisotopic (exact) mass is 326 g/mol. The Labute approximate surface area is 132 Å². The number of amides is 1. The predicted octanol–water partition coefficient (Wildman–Crippen LogP) is 3.56. The average Bonchev–Trinajstić information content (AvgIpc) is 3.04. The Morgan fingerprint density at radius 3 is 2.62 bits per heavy atom. The van der Waals surface area contributed by atoms with Gasteiger partial charge in [-0.1, -0.05) is 24.4 Å². The lowest BCUT2D eigenvalue weighted by Gasteiger charge is -2.19. The third-order valence-electron chi connectivity index (χ3n) is 3.95. The first kappa shape index (κ1) is 14.6. The standard InChI is InChI=1S/C14H16Cl2N4O/c1-19(2)13(21)11-10(15)9-7-17-14(16)18-12(9)20(11)8-5-3-4-6-8/h7-8H,3-6H2,1-2H3. The van der Waals surface area contributed by atoms with Crippen LogP contribution in [0.2, 0.25) is 10.3 Å². The molecule has 21 heavy (non-hydrogen) atoms. The fraction of sp³-hybridized carbons (Fsp3) is 0.500. The maximum absolute atomic E-state index is 12.5. The van der Waals surface area contributed by atoms with Crippen molar-refractivity contribution in [1.82, 2.24) is 19.4 Å². The van der Waals surface area contributed by atoms with Crippen molar-refractivity contribution in [1.29, 1.82) is 0 Å². The summed E-state index contributed by atoms with van der Waals surface area (Å²) in [6.07, 6.45) is 5.93. The first-order valence-corrected chi connectivity index (χ1v) is 7.70. The molecule has 0 spiro atoms. The molecule has 0 aromatic carbocycles. The summed E-state index contributed by atoms with van der Waals surface area (Å²) >= 11 is 12.4. The molecule has 0 bridgehead atoms. The summed E-state index contributed by atoms with van der Waals surface area (Å²) in [5, 5.41) is 1.25. The summed E-state index contributed by atoms with van der Waals surface area (Å²) in [5.41, 5.74) is 1.14. The fourth-order valence-corrected chi connectivity index (χ4v) is 3.39. The topological polar surface area (TPSA) is 51.0 Å². The molecule has 3 rings (SSSR count). The zero-order valence-corrected chi connectivity index (χ0v) is 13.4. The first-order chi connectivity index (χ1) is 10.0. The van der Waals surface area contributed by atoms with Gasteiger partial charge in [0.05, 0.1) is 10.4 Å². The number of aromatic nitrogens is 3. The van der Waals surface area contributed by atoms with Crippen LogP contribution in [0.3, 0.4) is 0 Å². The smallest absolute Gasteiger partial charge is 0.271 e. The molecule has 0 aliphatic heterocycles. The highest BCUT2D eigenvalue weighted by molar-refractivity contribution is 6.38. The SMILES string of the molecule is CN(C)C(=O)c1c(Cl)c2cnc(Cl)nc2n1C1CCCC1. The molecule has 1 fully saturated rings. The van der Waals surface area contributed by atoms with Gasteiger partial charge in [0.1, 0.15) is 11.3 Å². The minimum atomic E-state index is -0.124. The Bertz CT molecular complexity index is 705. The van der Waals surface area contributed by atoms with Crippen molar-refractivity contribution >= 4 is 40.1 Å². The van der Waals surface area contributed by atoms with Crippen LogP contribution in [-0.2, 0) is 0 Å². The first-order valence-electron chi connectivity index (χ1n) is 6.94. The van der Waals surface area contributed by atoms with E-state index < -0.39 is 0 Å². The van der Waals surface area contributed by atoms with Crippen LogP contribution in [0.25, 0.3) is 11.0 Å². The highest BCUT2D eigenvalue weighted by atomic mass is 35.5. The van der Waals surface area contributed by atoms with Gasteiger partial charge in [-0.05, 0) is 24.4 Å². The fourth-order valence-electron chi connectivity index (χ4n) is 2.96. The van der Waals surface area contributed by atoms with Gasteiger partial charge in [-0.25, -0.2) is 4.98 Å². The molecule has 112 valence electrons. The van der Waals surface area contributed by atoms with Crippen molar-refractivity contribution < 1.29 is 4.79 Å². The van der Waals surface area contributed by atoms with E-state index in [-0.39, 0.29) is 17.2 Å². The second kappa shape index (κ2) is 5.46. The predicted molar refractivity (Wildman–Crippen MR) is 83.1 cm³/mol. The van der Waals surface area contributed by atoms with Crippen LogP contribution >= 0.6 is 23.2 Å². The molecule has 5 nitrogen and oxygen atoms in total. The van der Waals surface area contributed by atoms with Crippen LogP contribution < -0.4 is 0 Å². The Balaban J connectivity index is 2.30. The van der Waals surface area contributed by atoms with E-state index in [9.17, 15) is 4.79 Å². The summed E-state index contributed by atoms with van der Waals surface area (Å²) in [7, 11) is 3.43. The van der Waals surface area contributed by atoms with Crippen LogP contribution in [0.1, 0.15) is 42.2 Å². The van der Waals surface area contributed by atoms with Gasteiger partial charge in [-0.3, -0.25) is 4.79 Å². The zero-order chi connectivity index (χ0) is 15.1. The van der Waals surface area contributed by atoms with E-state index in [0.29, 0.717) is 21.7 Å². The second-order valence-corrected chi connectivity index (χ2v) is 6.26. The molecular weight excluding hydrogens is 311 g/mol. The average molecular weight is 327 g/mol. The van der Waals surface area contributed by atoms with Crippen molar-refractivity contribution in [2.45, 2.75) is 31.7 Å². The largest absolute Gasteiger partial charge is 0.343 e. The van der Waals surface area contributed by atoms with Gasteiger partial charge in [0, 0.05) is 26.3 Å². The van der Waals surface area contributed by atoms with E-state index in [1.54, 1.807) is 20.3 Å². The molecule has 2 aromatic heterocycles. The minimum absolute atomic E-state index is 0.124. The number of fused-ring (bicyclic) bond motifs is 1. The van der Waals surface area contributed by atoms with Crippen molar-refractivity contribution in [3.8, 4) is 0 Å². The molecule has 1 aliphatic carbocycles. The molecule has 0 N–H and O–H groups in total. The van der Waals surface area contributed by atoms with E-state index in [0.717, 1.165) is 25.7 Å². The van der Waals surface area contributed by atoms with E-state index in [1.807, 2.05) is 4.57 Å². The molecule has 0 radical (unpaired) electrons. The molecular formula is C14H16Cl2N4O. The van der Waals surface area contributed by atoms with Crippen LogP contribution in [0.4, 0.5) is 0 Å². The third kappa shape index (κ3) is 2.38. The number of halogens is 2. The normalized spacial score (nSPS) is 15.8. The molecule has 0 saturated heterocycles. The van der Waals surface area contributed by atoms with Gasteiger partial charge in [0.25, 0.3) is 5.91 Å². The van der Waals surface area contributed by atoms with Crippen LogP contribution in [0, 0.1) is 0 Å². The summed E-state index contributed by atoms with van der Waals surface area (Å²) in [6.45, 7) is 0. The van der Waals surface area contributed by atoms with Crippen molar-refractivity contribution in [3.63, 3.8) is 0 Å². The Morgan fingerprint density at radius 1 is 1.33 bits per heavy atom. The van der Waals surface area contributed by atoms with Gasteiger partial charge in [0.15, 0.2) is 0 Å². The van der Waals surface area contributed by atoms with E-state index in [2.05, 4.69) is 9.97 Å². The van der Waals surface area contributed by atoms with Crippen molar-refractivity contribution in [3.05, 3.63) is 22.2 Å². The molecule has 0 atom stereocenters. The molecule has 0 unspecified atom stereocenters. The van der Waals surface area contributed by atoms with Crippen LogP contribution in [-0.4, -0.2) is 39.4 Å². The van der Waals surface area contributed by atoms with Gasteiger partial charge >= 0.3 is 0 Å². The van der Waals surface area contributed by atoms with Crippen molar-refractivity contribution in [2.24, 2.45) is 0 Å². The van der Waals surface area contributed by atoms with Gasteiger partial charge in [0.2, 0.25) is 5.28 Å². The van der Waals surface area contributed by atoms with Crippen LogP contribution in [0.5, 0.6) is 0 Å². The van der Waals surface area contributed by atoms with Gasteiger partial charge in [-0.15, -0.1) is 0 Å². The zero-order valence-electron chi connectivity index (χ0n) is 11.9. The number of hydrogen-bond acceptors (Lipinski definition) is 3. The second-order valence-electron chi connectivity index (χ2n) is 5.55. The third-order valence-corrected chi connectivity index (χ3v) is 4.52. The molecule has 2 aromatic rings. The highest BCUT2D eigenvalue weighted by Gasteiger charge is 2.29. The Morgan fingerprint density at radius 2 is 2.00 bits per heavy atom. The molecule has 7 heteroatoms. The lowest BCUT2D eigenvalue weighted by molar-refractivity contribution is 0.0815. The number of nitrogens with zero attached hydrogens (tertiary/aromatic N) is 4. The molecule has 1 saturated carbocycles. The maximum Gasteiger partial charge on any atom is 0.271 e. The minimum Gasteiger partial charge on any atom is -0.343 e. The highest BCUT2D eigenvalue weighted by Crippen LogP contribution is 2.38. The van der Waals surface area contributed by atoms with E-state index in [4.69, 9.17) is 23.2 Å². The summed E-state index contributed by atoms with van der Waals surface area (Å²) < 4.78 is 1.96. The number of carbonyl (C=O) groups is 1. The van der Waals surface area contributed by atoms with Gasteiger partial charge < -0.3 is 9.47 Å². The Hall–Kier alpha value is -1.33. The number of carbonyl (C=O) groups excluding carboxylic acids is 1. The number of rotatable bonds is 2. The Kier molecular flexibility index (Phi) is 3.80. The molecule has 1 amide bonds. The molecule has 2 heterocycles. The number of hydrogen-bond donors (Lipinski definition) is 0. The molecule has 1 aliphatic rings. The maximum atomic E-state index is 12.5. The van der Waals surface area contributed by atoms with E-state index >= 15 is 0 Å². The van der Waals surface area contributed by atoms with Crippen LogP contribution in [0.15, 0.2) is 6.20 Å². The lowest BCUT2D eigenvalue weighted by Crippen LogP contribution is -2.26. The van der Waals surface area contributed by atoms with Crippen molar-refractivity contribution in [2.75, 3.05) is 14.1 Å². The summed E-state index contributed by atoms with van der Waals surface area (Å²) in [5.74, 6) is -0.124. The van der Waals surface area contributed by atoms with E-state index in [1.165, 1.54) is 4.90 Å². The summed E-state index contributed by atoms with van der Waals surface area (Å²) in [4.78, 5) is 22.4. The summed E-state index contributed by atoms with van der Waals surface area (Å²) in [6, 6.07) is 0.241. The van der Waals surface area contributed by atoms with Gasteiger partial charge in [-0.2, -0.15) is 4.98 Å². The quantitative estimate of drug-likeness (QED) is 0.793.